The van der Waals surface area contributed by atoms with E-state index in [-0.39, 0.29) is 23.0 Å². The molecule has 0 saturated carbocycles. The molecule has 0 atom stereocenters. The second-order valence-corrected chi connectivity index (χ2v) is 23.0. The molecule has 71 heavy (non-hydrogen) atoms. The van der Waals surface area contributed by atoms with Crippen molar-refractivity contribution in [3.8, 4) is 22.3 Å². The summed E-state index contributed by atoms with van der Waals surface area (Å²) in [5.74, 6) is 0. The van der Waals surface area contributed by atoms with E-state index in [0.29, 0.717) is 0 Å². The molecule has 0 bridgehead atoms. The Labute approximate surface area is 417 Å². The Morgan fingerprint density at radius 3 is 1.14 bits per heavy atom. The first kappa shape index (κ1) is 43.3. The molecule has 0 aliphatic carbocycles. The normalized spacial score (nSPS) is 13.6. The number of rotatable bonds is 4. The molecule has 0 fully saturated rings. The van der Waals surface area contributed by atoms with Crippen molar-refractivity contribution in [3.05, 3.63) is 199 Å². The Kier molecular flexibility index (Phi) is 9.37. The van der Waals surface area contributed by atoms with Gasteiger partial charge in [0.2, 0.25) is 0 Å². The van der Waals surface area contributed by atoms with E-state index in [1.807, 2.05) is 12.1 Å². The van der Waals surface area contributed by atoms with Gasteiger partial charge >= 0.3 is 0 Å². The molecule has 0 saturated heterocycles. The summed E-state index contributed by atoms with van der Waals surface area (Å²) in [4.78, 5) is 5.12. The number of fused-ring (bicyclic) bond motifs is 10. The van der Waals surface area contributed by atoms with Crippen LogP contribution in [0.4, 0.5) is 34.1 Å². The molecule has 4 nitrogen and oxygen atoms in total. The molecule has 2 aliphatic heterocycles. The highest BCUT2D eigenvalue weighted by atomic mass is 16.3. The Hall–Kier alpha value is -7.76. The third kappa shape index (κ3) is 6.80. The Balaban J connectivity index is 1.03. The minimum atomic E-state index is -0.149. The lowest BCUT2D eigenvalue weighted by molar-refractivity contribution is 0.590. The first-order chi connectivity index (χ1) is 34.1. The number of anilines is 6. The fourth-order valence-electron chi connectivity index (χ4n) is 11.4. The predicted molar refractivity (Wildman–Crippen MR) is 302 cm³/mol. The third-order valence-corrected chi connectivity index (χ3v) is 15.4. The first-order valence-electron chi connectivity index (χ1n) is 25.2. The van der Waals surface area contributed by atoms with Gasteiger partial charge in [-0.25, -0.2) is 0 Å². The summed E-state index contributed by atoms with van der Waals surface area (Å²) in [6.45, 7) is 21.0. The number of nitrogens with zero attached hydrogens (tertiary/aromatic N) is 2. The van der Waals surface area contributed by atoms with E-state index < -0.39 is 0 Å². The Bertz CT molecular complexity index is 3700. The summed E-state index contributed by atoms with van der Waals surface area (Å²) < 4.78 is 13.1. The molecule has 2 aromatic heterocycles. The quantitative estimate of drug-likeness (QED) is 0.165. The van der Waals surface area contributed by atoms with Crippen molar-refractivity contribution >= 4 is 101 Å². The molecule has 0 amide bonds. The minimum absolute atomic E-state index is 0.00414. The highest BCUT2D eigenvalue weighted by molar-refractivity contribution is 7.00. The molecule has 346 valence electrons. The summed E-state index contributed by atoms with van der Waals surface area (Å²) in [7, 11) is 0. The van der Waals surface area contributed by atoms with Gasteiger partial charge in [0.15, 0.2) is 0 Å². The SMILES string of the molecule is CC(C)(C)c1ccc2c(c1)N(c1ccc(-c3cccc4c3oc3ccccc34)cc1)c1cc(C(C)(C)C)cc3c1B2c1ccc(C(C)(C)C)cc1N3c1ccc(-c2cccc3c2oc2ccccc23)cc1. The predicted octanol–water partition coefficient (Wildman–Crippen LogP) is 16.8. The van der Waals surface area contributed by atoms with Crippen LogP contribution in [-0.2, 0) is 16.2 Å². The third-order valence-electron chi connectivity index (χ3n) is 15.4. The van der Waals surface area contributed by atoms with Crippen LogP contribution in [0, 0.1) is 0 Å². The summed E-state index contributed by atoms with van der Waals surface area (Å²) >= 11 is 0. The fraction of sp³-hybridized carbons (Fsp3) is 0.182. The van der Waals surface area contributed by atoms with E-state index in [9.17, 15) is 0 Å². The maximum absolute atomic E-state index is 6.55. The standard InChI is InChI=1S/C66H57BN2O2/c1-64(2,3)42-28-34-53-55(36-42)68(45-30-24-40(25-31-45)47-18-14-20-51-49-16-10-12-22-59(49)70-62(47)51)57-38-44(66(7,8)9)39-58-61(57)67(53)54-35-29-43(65(4,5)6)37-56(54)69(58)46-32-26-41(27-33-46)48-19-15-21-52-50-17-11-13-23-60(50)71-63(48)52/h10-39H,1-9H3. The summed E-state index contributed by atoms with van der Waals surface area (Å²) in [5, 5.41) is 4.55. The van der Waals surface area contributed by atoms with Crippen LogP contribution in [-0.4, -0.2) is 6.71 Å². The minimum Gasteiger partial charge on any atom is -0.455 e. The average molecular weight is 921 g/mol. The van der Waals surface area contributed by atoms with E-state index in [1.54, 1.807) is 0 Å². The highest BCUT2D eigenvalue weighted by Gasteiger charge is 2.45. The van der Waals surface area contributed by atoms with E-state index in [4.69, 9.17) is 8.83 Å². The van der Waals surface area contributed by atoms with Gasteiger partial charge in [-0.05, 0) is 121 Å². The lowest BCUT2D eigenvalue weighted by Gasteiger charge is -2.45. The molecule has 5 heteroatoms. The van der Waals surface area contributed by atoms with Crippen molar-refractivity contribution in [1.82, 2.24) is 0 Å². The van der Waals surface area contributed by atoms with E-state index in [0.717, 1.165) is 77.5 Å². The second-order valence-electron chi connectivity index (χ2n) is 23.0. The fourth-order valence-corrected chi connectivity index (χ4v) is 11.4. The molecule has 0 spiro atoms. The largest absolute Gasteiger partial charge is 0.455 e. The molecule has 0 unspecified atom stereocenters. The first-order valence-corrected chi connectivity index (χ1v) is 25.2. The smallest absolute Gasteiger partial charge is 0.252 e. The van der Waals surface area contributed by atoms with Gasteiger partial charge in [0, 0.05) is 66.8 Å². The number of para-hydroxylation sites is 4. The van der Waals surface area contributed by atoms with Crippen molar-refractivity contribution in [2.45, 2.75) is 78.6 Å². The van der Waals surface area contributed by atoms with Gasteiger partial charge in [0.05, 0.1) is 0 Å². The van der Waals surface area contributed by atoms with Crippen molar-refractivity contribution in [2.24, 2.45) is 0 Å². The van der Waals surface area contributed by atoms with Crippen LogP contribution < -0.4 is 26.2 Å². The van der Waals surface area contributed by atoms with Crippen molar-refractivity contribution < 1.29 is 8.83 Å². The van der Waals surface area contributed by atoms with Crippen LogP contribution >= 0.6 is 0 Å². The monoisotopic (exact) mass is 920 g/mol. The Morgan fingerprint density at radius 2 is 0.732 bits per heavy atom. The number of furan rings is 2. The molecule has 9 aromatic carbocycles. The van der Waals surface area contributed by atoms with Crippen LogP contribution in [0.2, 0.25) is 0 Å². The van der Waals surface area contributed by atoms with Gasteiger partial charge in [-0.3, -0.25) is 0 Å². The molecule has 4 heterocycles. The van der Waals surface area contributed by atoms with E-state index in [1.165, 1.54) is 55.8 Å². The number of hydrogen-bond donors (Lipinski definition) is 0. The van der Waals surface area contributed by atoms with Crippen LogP contribution in [0.1, 0.15) is 79.0 Å². The van der Waals surface area contributed by atoms with Crippen LogP contribution in [0.15, 0.2) is 191 Å². The number of benzene rings is 9. The summed E-state index contributed by atoms with van der Waals surface area (Å²) in [6, 6.07) is 67.6. The highest BCUT2D eigenvalue weighted by Crippen LogP contribution is 2.48. The molecule has 0 N–H and O–H groups in total. The zero-order valence-electron chi connectivity index (χ0n) is 42.1. The van der Waals surface area contributed by atoms with Crippen LogP contribution in [0.5, 0.6) is 0 Å². The van der Waals surface area contributed by atoms with Crippen molar-refractivity contribution in [2.75, 3.05) is 9.80 Å². The lowest BCUT2D eigenvalue weighted by Crippen LogP contribution is -2.61. The van der Waals surface area contributed by atoms with Crippen LogP contribution in [0.3, 0.4) is 0 Å². The summed E-state index contributed by atoms with van der Waals surface area (Å²) in [6.07, 6.45) is 0. The van der Waals surface area contributed by atoms with Crippen molar-refractivity contribution in [1.29, 1.82) is 0 Å². The Morgan fingerprint density at radius 1 is 0.352 bits per heavy atom. The van der Waals surface area contributed by atoms with Crippen LogP contribution in [0.25, 0.3) is 66.1 Å². The number of hydrogen-bond acceptors (Lipinski definition) is 4. The molecule has 0 radical (unpaired) electrons. The molecule has 13 rings (SSSR count). The maximum atomic E-state index is 6.55. The topological polar surface area (TPSA) is 32.8 Å². The molecular weight excluding hydrogens is 864 g/mol. The van der Waals surface area contributed by atoms with E-state index >= 15 is 0 Å². The van der Waals surface area contributed by atoms with Gasteiger partial charge in [0.25, 0.3) is 6.71 Å². The van der Waals surface area contributed by atoms with E-state index in [2.05, 4.69) is 242 Å². The molecule has 11 aromatic rings. The van der Waals surface area contributed by atoms with Gasteiger partial charge in [-0.1, -0.05) is 184 Å². The zero-order valence-corrected chi connectivity index (χ0v) is 42.1. The van der Waals surface area contributed by atoms with Crippen molar-refractivity contribution in [3.63, 3.8) is 0 Å². The second kappa shape index (κ2) is 15.4. The average Bonchev–Trinajstić information content (AvgIpc) is 3.94. The van der Waals surface area contributed by atoms with Gasteiger partial charge in [0.1, 0.15) is 22.3 Å². The summed E-state index contributed by atoms with van der Waals surface area (Å²) in [5.41, 5.74) is 22.8. The lowest BCUT2D eigenvalue weighted by atomic mass is 9.33. The maximum Gasteiger partial charge on any atom is 0.252 e. The van der Waals surface area contributed by atoms with Gasteiger partial charge in [-0.15, -0.1) is 0 Å². The zero-order chi connectivity index (χ0) is 48.7. The van der Waals surface area contributed by atoms with Gasteiger partial charge in [-0.2, -0.15) is 0 Å². The molecular formula is C66H57BN2O2. The molecule has 2 aliphatic rings. The van der Waals surface area contributed by atoms with Gasteiger partial charge < -0.3 is 18.6 Å².